The predicted molar refractivity (Wildman–Crippen MR) is 61.0 cm³/mol. The molecule has 0 radical (unpaired) electrons. The van der Waals surface area contributed by atoms with E-state index in [1.165, 1.54) is 24.3 Å². The summed E-state index contributed by atoms with van der Waals surface area (Å²) in [5.74, 6) is -2.08. The van der Waals surface area contributed by atoms with Gasteiger partial charge >= 0.3 is 11.9 Å². The first kappa shape index (κ1) is 13.7. The van der Waals surface area contributed by atoms with Gasteiger partial charge in [0.1, 0.15) is 6.61 Å². The van der Waals surface area contributed by atoms with Crippen molar-refractivity contribution < 1.29 is 29.3 Å². The van der Waals surface area contributed by atoms with E-state index in [2.05, 4.69) is 16.1 Å². The molecule has 0 fully saturated rings. The SMILES string of the molecule is C=C(O)OC(=O)c1ccc(C(=O)OCCO)cc1. The van der Waals surface area contributed by atoms with Gasteiger partial charge in [0.05, 0.1) is 17.7 Å². The molecule has 1 rings (SSSR count). The van der Waals surface area contributed by atoms with E-state index in [-0.39, 0.29) is 24.3 Å². The van der Waals surface area contributed by atoms with Crippen molar-refractivity contribution in [1.82, 2.24) is 0 Å². The number of esters is 2. The van der Waals surface area contributed by atoms with Crippen molar-refractivity contribution in [2.45, 2.75) is 0 Å². The summed E-state index contributed by atoms with van der Waals surface area (Å²) in [6.07, 6.45) is 0. The Morgan fingerprint density at radius 3 is 2.06 bits per heavy atom. The van der Waals surface area contributed by atoms with E-state index >= 15 is 0 Å². The number of aliphatic hydroxyl groups excluding tert-OH is 2. The number of carbonyl (C=O) groups is 2. The van der Waals surface area contributed by atoms with Crippen molar-refractivity contribution in [2.24, 2.45) is 0 Å². The molecule has 18 heavy (non-hydrogen) atoms. The van der Waals surface area contributed by atoms with Gasteiger partial charge in [0.25, 0.3) is 5.95 Å². The lowest BCUT2D eigenvalue weighted by Crippen LogP contribution is -2.09. The van der Waals surface area contributed by atoms with Crippen LogP contribution >= 0.6 is 0 Å². The maximum absolute atomic E-state index is 11.4. The van der Waals surface area contributed by atoms with E-state index in [9.17, 15) is 9.59 Å². The lowest BCUT2D eigenvalue weighted by molar-refractivity contribution is 0.0426. The zero-order valence-corrected chi connectivity index (χ0v) is 9.46. The normalized spacial score (nSPS) is 9.61. The summed E-state index contributed by atoms with van der Waals surface area (Å²) in [6, 6.07) is 5.44. The summed E-state index contributed by atoms with van der Waals surface area (Å²) >= 11 is 0. The molecule has 2 N–H and O–H groups in total. The Labute approximate surface area is 103 Å². The van der Waals surface area contributed by atoms with Crippen LogP contribution in [0.4, 0.5) is 0 Å². The summed E-state index contributed by atoms with van der Waals surface area (Å²) in [4.78, 5) is 22.7. The largest absolute Gasteiger partial charge is 0.481 e. The molecule has 0 spiro atoms. The molecule has 0 aliphatic rings. The lowest BCUT2D eigenvalue weighted by Gasteiger charge is -2.04. The molecule has 0 aliphatic carbocycles. The van der Waals surface area contributed by atoms with E-state index in [0.717, 1.165) is 0 Å². The number of hydrogen-bond donors (Lipinski definition) is 2. The summed E-state index contributed by atoms with van der Waals surface area (Å²) in [5, 5.41) is 17.2. The van der Waals surface area contributed by atoms with Crippen LogP contribution in [0.2, 0.25) is 0 Å². The van der Waals surface area contributed by atoms with Crippen molar-refractivity contribution >= 4 is 11.9 Å². The highest BCUT2D eigenvalue weighted by molar-refractivity contribution is 5.93. The van der Waals surface area contributed by atoms with Crippen LogP contribution < -0.4 is 0 Å². The molecule has 96 valence electrons. The topological polar surface area (TPSA) is 93.1 Å². The molecule has 0 amide bonds. The van der Waals surface area contributed by atoms with Crippen molar-refractivity contribution in [3.63, 3.8) is 0 Å². The van der Waals surface area contributed by atoms with E-state index in [4.69, 9.17) is 10.2 Å². The van der Waals surface area contributed by atoms with E-state index in [1.54, 1.807) is 0 Å². The molecule has 6 heteroatoms. The molecular weight excluding hydrogens is 240 g/mol. The van der Waals surface area contributed by atoms with Gasteiger partial charge in [0.2, 0.25) is 0 Å². The Kier molecular flexibility index (Phi) is 4.89. The zero-order chi connectivity index (χ0) is 13.5. The molecule has 0 saturated heterocycles. The fraction of sp³-hybridized carbons (Fsp3) is 0.167. The maximum atomic E-state index is 11.4. The molecule has 0 aromatic heterocycles. The van der Waals surface area contributed by atoms with Gasteiger partial charge in [-0.15, -0.1) is 0 Å². The number of aliphatic hydroxyl groups is 2. The van der Waals surface area contributed by atoms with Gasteiger partial charge in [-0.05, 0) is 30.8 Å². The second-order valence-electron chi connectivity index (χ2n) is 3.22. The van der Waals surface area contributed by atoms with Crippen molar-refractivity contribution in [2.75, 3.05) is 13.2 Å². The van der Waals surface area contributed by atoms with Gasteiger partial charge < -0.3 is 19.7 Å². The van der Waals surface area contributed by atoms with Crippen molar-refractivity contribution in [3.8, 4) is 0 Å². The van der Waals surface area contributed by atoms with Crippen LogP contribution in [-0.2, 0) is 9.47 Å². The first-order chi connectivity index (χ1) is 8.54. The monoisotopic (exact) mass is 252 g/mol. The number of carbonyl (C=O) groups excluding carboxylic acids is 2. The fourth-order valence-electron chi connectivity index (χ4n) is 1.13. The number of hydrogen-bond acceptors (Lipinski definition) is 6. The summed E-state index contributed by atoms with van der Waals surface area (Å²) in [7, 11) is 0. The molecule has 0 unspecified atom stereocenters. The first-order valence-electron chi connectivity index (χ1n) is 5.02. The second-order valence-corrected chi connectivity index (χ2v) is 3.22. The van der Waals surface area contributed by atoms with Crippen LogP contribution in [0.1, 0.15) is 20.7 Å². The summed E-state index contributed by atoms with van der Waals surface area (Å²) in [5.41, 5.74) is 0.395. The third-order valence-electron chi connectivity index (χ3n) is 1.89. The Morgan fingerprint density at radius 2 is 1.61 bits per heavy atom. The predicted octanol–water partition coefficient (Wildman–Crippen LogP) is 1.02. The van der Waals surface area contributed by atoms with Gasteiger partial charge in [0.15, 0.2) is 0 Å². The molecule has 0 atom stereocenters. The standard InChI is InChI=1S/C12H12O6/c1-8(14)18-12(16)10-4-2-9(3-5-10)11(15)17-7-6-13/h2-5,13-14H,1,6-7H2. The third-order valence-corrected chi connectivity index (χ3v) is 1.89. The van der Waals surface area contributed by atoms with Crippen LogP contribution in [0, 0.1) is 0 Å². The zero-order valence-electron chi connectivity index (χ0n) is 9.46. The number of ether oxygens (including phenoxy) is 2. The minimum Gasteiger partial charge on any atom is -0.481 e. The molecular formula is C12H12O6. The number of rotatable bonds is 5. The van der Waals surface area contributed by atoms with E-state index < -0.39 is 17.9 Å². The van der Waals surface area contributed by atoms with Crippen LogP contribution in [0.5, 0.6) is 0 Å². The highest BCUT2D eigenvalue weighted by Gasteiger charge is 2.11. The van der Waals surface area contributed by atoms with Crippen LogP contribution in [0.3, 0.4) is 0 Å². The number of benzene rings is 1. The third kappa shape index (κ3) is 3.91. The molecule has 0 aliphatic heterocycles. The lowest BCUT2D eigenvalue weighted by atomic mass is 10.1. The quantitative estimate of drug-likeness (QED) is 0.600. The smallest absolute Gasteiger partial charge is 0.345 e. The van der Waals surface area contributed by atoms with E-state index in [0.29, 0.717) is 0 Å². The molecule has 1 aromatic rings. The van der Waals surface area contributed by atoms with Crippen LogP contribution in [0.25, 0.3) is 0 Å². The Balaban J connectivity index is 2.70. The maximum Gasteiger partial charge on any atom is 0.345 e. The van der Waals surface area contributed by atoms with Gasteiger partial charge in [-0.3, -0.25) is 0 Å². The molecule has 0 saturated carbocycles. The van der Waals surface area contributed by atoms with Crippen molar-refractivity contribution in [1.29, 1.82) is 0 Å². The van der Waals surface area contributed by atoms with Crippen LogP contribution in [0.15, 0.2) is 36.8 Å². The van der Waals surface area contributed by atoms with Crippen molar-refractivity contribution in [3.05, 3.63) is 47.9 Å². The molecule has 0 bridgehead atoms. The van der Waals surface area contributed by atoms with Crippen LogP contribution in [-0.4, -0.2) is 35.4 Å². The minimum atomic E-state index is -0.780. The molecule has 6 nitrogen and oxygen atoms in total. The average molecular weight is 252 g/mol. The highest BCUT2D eigenvalue weighted by Crippen LogP contribution is 2.08. The summed E-state index contributed by atoms with van der Waals surface area (Å²) in [6.45, 7) is 2.67. The van der Waals surface area contributed by atoms with Gasteiger partial charge in [-0.25, -0.2) is 9.59 Å². The Hall–Kier alpha value is -2.34. The Morgan fingerprint density at radius 1 is 1.11 bits per heavy atom. The molecule has 1 aromatic carbocycles. The summed E-state index contributed by atoms with van der Waals surface area (Å²) < 4.78 is 9.06. The van der Waals surface area contributed by atoms with Gasteiger partial charge in [-0.1, -0.05) is 0 Å². The highest BCUT2D eigenvalue weighted by atomic mass is 16.6. The Bertz CT molecular complexity index is 448. The molecule has 0 heterocycles. The minimum absolute atomic E-state index is 0.0903. The van der Waals surface area contributed by atoms with Gasteiger partial charge in [0, 0.05) is 0 Å². The fourth-order valence-corrected chi connectivity index (χ4v) is 1.13. The van der Waals surface area contributed by atoms with Gasteiger partial charge in [-0.2, -0.15) is 0 Å². The second kappa shape index (κ2) is 6.41. The first-order valence-corrected chi connectivity index (χ1v) is 5.02. The average Bonchev–Trinajstić information content (AvgIpc) is 2.35. The van der Waals surface area contributed by atoms with E-state index in [1.807, 2.05) is 0 Å².